The third-order valence-electron chi connectivity index (χ3n) is 3.94. The Hall–Kier alpha value is -1.95. The summed E-state index contributed by atoms with van der Waals surface area (Å²) in [6.07, 6.45) is 11.5. The van der Waals surface area contributed by atoms with E-state index in [1.165, 1.54) is 19.3 Å². The van der Waals surface area contributed by atoms with Gasteiger partial charge in [-0.3, -0.25) is 5.10 Å². The van der Waals surface area contributed by atoms with Crippen molar-refractivity contribution in [2.45, 2.75) is 44.9 Å². The van der Waals surface area contributed by atoms with Crippen molar-refractivity contribution in [2.75, 3.05) is 0 Å². The number of H-pyrrole nitrogens is 1. The van der Waals surface area contributed by atoms with Gasteiger partial charge >= 0.3 is 0 Å². The molecule has 0 bridgehead atoms. The smallest absolute Gasteiger partial charge is 0.216 e. The van der Waals surface area contributed by atoms with Gasteiger partial charge in [-0.25, -0.2) is 0 Å². The molecule has 22 heavy (non-hydrogen) atoms. The highest BCUT2D eigenvalue weighted by Crippen LogP contribution is 2.31. The monoisotopic (exact) mass is 316 g/mol. The van der Waals surface area contributed by atoms with Crippen LogP contribution in [-0.2, 0) is 0 Å². The average Bonchev–Trinajstić information content (AvgIpc) is 3.16. The second-order valence-corrected chi connectivity index (χ2v) is 6.07. The third kappa shape index (κ3) is 3.44. The number of hydrogen-bond donors (Lipinski definition) is 1. The highest BCUT2D eigenvalue weighted by atomic mass is 32.1. The van der Waals surface area contributed by atoms with Gasteiger partial charge in [0, 0.05) is 5.92 Å². The molecule has 0 spiro atoms. The van der Waals surface area contributed by atoms with Crippen LogP contribution in [0.25, 0.3) is 6.08 Å². The average molecular weight is 316 g/mol. The van der Waals surface area contributed by atoms with Crippen LogP contribution in [0.3, 0.4) is 0 Å². The van der Waals surface area contributed by atoms with Crippen molar-refractivity contribution in [3.8, 4) is 0 Å². The zero-order chi connectivity index (χ0) is 15.4. The van der Waals surface area contributed by atoms with Gasteiger partial charge in [0.25, 0.3) is 0 Å². The Morgan fingerprint density at radius 2 is 2.27 bits per heavy atom. The second-order valence-electron chi connectivity index (χ2n) is 5.68. The second kappa shape index (κ2) is 6.87. The van der Waals surface area contributed by atoms with Crippen molar-refractivity contribution in [3.63, 3.8) is 0 Å². The van der Waals surface area contributed by atoms with Crippen LogP contribution < -0.4 is 0 Å². The lowest BCUT2D eigenvalue weighted by Gasteiger charge is -2.19. The molecular weight excluding hydrogens is 296 g/mol. The molecule has 0 amide bonds. The van der Waals surface area contributed by atoms with Crippen molar-refractivity contribution in [1.29, 1.82) is 0 Å². The zero-order valence-corrected chi connectivity index (χ0v) is 13.5. The number of furan rings is 1. The first-order valence-electron chi connectivity index (χ1n) is 7.67. The summed E-state index contributed by atoms with van der Waals surface area (Å²) >= 11 is 5.30. The van der Waals surface area contributed by atoms with Crippen LogP contribution in [0.15, 0.2) is 33.5 Å². The summed E-state index contributed by atoms with van der Waals surface area (Å²) in [5.41, 5.74) is 0.993. The van der Waals surface area contributed by atoms with Gasteiger partial charge in [0.05, 0.1) is 12.5 Å². The largest absolute Gasteiger partial charge is 0.465 e. The molecule has 1 fully saturated rings. The van der Waals surface area contributed by atoms with Crippen LogP contribution in [-0.4, -0.2) is 21.1 Å². The maximum absolute atomic E-state index is 5.30. The molecule has 3 rings (SSSR count). The molecule has 2 heterocycles. The lowest BCUT2D eigenvalue weighted by atomic mass is 9.89. The molecule has 2 aromatic heterocycles. The topological polar surface area (TPSA) is 59.1 Å². The van der Waals surface area contributed by atoms with E-state index in [0.717, 1.165) is 30.0 Å². The normalized spacial score (nSPS) is 17.4. The highest BCUT2D eigenvalue weighted by Gasteiger charge is 2.21. The summed E-state index contributed by atoms with van der Waals surface area (Å²) in [6.45, 7) is 1.98. The van der Waals surface area contributed by atoms with Gasteiger partial charge in [-0.1, -0.05) is 19.3 Å². The minimum absolute atomic E-state index is 0.452. The molecule has 0 unspecified atom stereocenters. The minimum atomic E-state index is 0.452. The number of nitrogens with one attached hydrogen (secondary N) is 1. The van der Waals surface area contributed by atoms with Gasteiger partial charge in [-0.2, -0.15) is 14.9 Å². The first-order chi connectivity index (χ1) is 10.7. The molecule has 0 radical (unpaired) electrons. The van der Waals surface area contributed by atoms with Crippen LogP contribution in [0.1, 0.15) is 56.5 Å². The minimum Gasteiger partial charge on any atom is -0.465 e. The Bertz CT molecular complexity index is 718. The standard InChI is InChI=1S/C16H20N4OS/c1-12(10-14-8-5-9-21-14)11-17-20-15(18-19-16(20)22)13-6-3-2-4-7-13/h5,8-11,13H,2-4,6-7H2,1H3,(H,19,22). The molecule has 1 N–H and O–H groups in total. The molecular formula is C16H20N4OS. The molecule has 0 saturated heterocycles. The van der Waals surface area contributed by atoms with E-state index in [4.69, 9.17) is 16.6 Å². The van der Waals surface area contributed by atoms with Gasteiger partial charge in [0.2, 0.25) is 4.77 Å². The van der Waals surface area contributed by atoms with Crippen LogP contribution >= 0.6 is 12.2 Å². The Kier molecular flexibility index (Phi) is 4.68. The quantitative estimate of drug-likeness (QED) is 0.666. The molecule has 6 heteroatoms. The number of aromatic amines is 1. The highest BCUT2D eigenvalue weighted by molar-refractivity contribution is 7.71. The lowest BCUT2D eigenvalue weighted by molar-refractivity contribution is 0.419. The Labute approximate surface area is 134 Å². The number of hydrogen-bond acceptors (Lipinski definition) is 4. The van der Waals surface area contributed by atoms with Crippen LogP contribution in [0.5, 0.6) is 0 Å². The van der Waals surface area contributed by atoms with Gasteiger partial charge in [-0.05, 0) is 55.8 Å². The maximum atomic E-state index is 5.30. The lowest BCUT2D eigenvalue weighted by Crippen LogP contribution is -2.10. The molecule has 5 nitrogen and oxygen atoms in total. The molecule has 0 atom stereocenters. The maximum Gasteiger partial charge on any atom is 0.216 e. The summed E-state index contributed by atoms with van der Waals surface area (Å²) in [7, 11) is 0. The van der Waals surface area contributed by atoms with Gasteiger partial charge < -0.3 is 4.42 Å². The number of rotatable bonds is 4. The summed E-state index contributed by atoms with van der Waals surface area (Å²) in [5.74, 6) is 2.22. The van der Waals surface area contributed by atoms with E-state index < -0.39 is 0 Å². The molecule has 1 aliphatic rings. The predicted molar refractivity (Wildman–Crippen MR) is 89.5 cm³/mol. The van der Waals surface area contributed by atoms with Gasteiger partial charge in [0.1, 0.15) is 5.76 Å². The first kappa shape index (κ1) is 15.0. The SMILES string of the molecule is CC(C=Nn1c(C2CCCCC2)n[nH]c1=S)=Cc1ccco1. The van der Waals surface area contributed by atoms with Crippen molar-refractivity contribution in [1.82, 2.24) is 14.9 Å². The summed E-state index contributed by atoms with van der Waals surface area (Å²) in [5, 5.41) is 11.8. The number of allylic oxidation sites excluding steroid dienone is 1. The van der Waals surface area contributed by atoms with Gasteiger partial charge in [-0.15, -0.1) is 0 Å². The number of aromatic nitrogens is 3. The summed E-state index contributed by atoms with van der Waals surface area (Å²) in [6, 6.07) is 3.78. The Morgan fingerprint density at radius 1 is 1.45 bits per heavy atom. The van der Waals surface area contributed by atoms with E-state index >= 15 is 0 Å². The van der Waals surface area contributed by atoms with Gasteiger partial charge in [0.15, 0.2) is 5.82 Å². The summed E-state index contributed by atoms with van der Waals surface area (Å²) in [4.78, 5) is 0. The predicted octanol–water partition coefficient (Wildman–Crippen LogP) is 4.52. The van der Waals surface area contributed by atoms with Crippen LogP contribution in [0, 0.1) is 4.77 Å². The van der Waals surface area contributed by atoms with Crippen LogP contribution in [0.2, 0.25) is 0 Å². The molecule has 1 aliphatic carbocycles. The molecule has 116 valence electrons. The summed E-state index contributed by atoms with van der Waals surface area (Å²) < 4.78 is 7.60. The molecule has 0 aromatic carbocycles. The van der Waals surface area contributed by atoms with Crippen molar-refractivity contribution in [2.24, 2.45) is 5.10 Å². The third-order valence-corrected chi connectivity index (χ3v) is 4.20. The molecule has 1 saturated carbocycles. The number of nitrogens with zero attached hydrogens (tertiary/aromatic N) is 3. The van der Waals surface area contributed by atoms with E-state index in [0.29, 0.717) is 10.7 Å². The molecule has 0 aliphatic heterocycles. The Balaban J connectivity index is 1.81. The fraction of sp³-hybridized carbons (Fsp3) is 0.438. The van der Waals surface area contributed by atoms with E-state index in [2.05, 4.69) is 15.3 Å². The Morgan fingerprint density at radius 3 is 3.00 bits per heavy atom. The van der Waals surface area contributed by atoms with Crippen molar-refractivity contribution in [3.05, 3.63) is 40.3 Å². The zero-order valence-electron chi connectivity index (χ0n) is 12.7. The molecule has 2 aromatic rings. The van der Waals surface area contributed by atoms with Crippen molar-refractivity contribution < 1.29 is 4.42 Å². The van der Waals surface area contributed by atoms with E-state index in [1.807, 2.05) is 25.1 Å². The van der Waals surface area contributed by atoms with Crippen molar-refractivity contribution >= 4 is 24.5 Å². The fourth-order valence-electron chi connectivity index (χ4n) is 2.82. The van der Waals surface area contributed by atoms with E-state index in [-0.39, 0.29) is 0 Å². The fourth-order valence-corrected chi connectivity index (χ4v) is 3.01. The van der Waals surface area contributed by atoms with E-state index in [1.54, 1.807) is 17.2 Å². The van der Waals surface area contributed by atoms with Crippen LogP contribution in [0.4, 0.5) is 0 Å². The van der Waals surface area contributed by atoms with E-state index in [9.17, 15) is 0 Å². The first-order valence-corrected chi connectivity index (χ1v) is 8.08.